The number of urea groups is 1. The van der Waals surface area contributed by atoms with Gasteiger partial charge >= 0.3 is 12.0 Å². The highest BCUT2D eigenvalue weighted by atomic mass is 35.5. The van der Waals surface area contributed by atoms with E-state index in [4.69, 9.17) is 11.6 Å². The fraction of sp³-hybridized carbons (Fsp3) is 0.556. The molecule has 3 saturated heterocycles. The molecule has 4 amide bonds. The summed E-state index contributed by atoms with van der Waals surface area (Å²) in [4.78, 5) is 62.3. The number of aliphatic carboxylic acids is 1. The van der Waals surface area contributed by atoms with Crippen LogP contribution in [0.4, 0.5) is 10.5 Å². The minimum atomic E-state index is -0.799. The van der Waals surface area contributed by atoms with Gasteiger partial charge in [0.25, 0.3) is 0 Å². The number of carboxylic acids is 1. The molecule has 11 nitrogen and oxygen atoms in total. The zero-order valence-corrected chi connectivity index (χ0v) is 28.7. The van der Waals surface area contributed by atoms with Crippen LogP contribution in [-0.2, 0) is 27.3 Å². The molecule has 3 fully saturated rings. The Kier molecular flexibility index (Phi) is 10.6. The first-order valence-corrected chi connectivity index (χ1v) is 17.6. The molecule has 0 saturated carbocycles. The van der Waals surface area contributed by atoms with Gasteiger partial charge in [0.05, 0.1) is 5.92 Å². The molecular formula is C36H47ClN6O5. The summed E-state index contributed by atoms with van der Waals surface area (Å²) >= 11 is 6.30. The number of hydrogen-bond donors (Lipinski definition) is 2. The highest BCUT2D eigenvalue weighted by Crippen LogP contribution is 2.29. The summed E-state index contributed by atoms with van der Waals surface area (Å²) in [5.74, 6) is -1.34. The number of nitrogens with one attached hydrogen (secondary N) is 1. The molecule has 2 atom stereocenters. The van der Waals surface area contributed by atoms with E-state index >= 15 is 0 Å². The van der Waals surface area contributed by atoms with Crippen LogP contribution in [-0.4, -0.2) is 124 Å². The number of carbonyl (C=O) groups excluding carboxylic acids is 3. The van der Waals surface area contributed by atoms with Gasteiger partial charge in [-0.1, -0.05) is 41.9 Å². The van der Waals surface area contributed by atoms with Gasteiger partial charge in [0.1, 0.15) is 6.04 Å². The number of hydrogen-bond acceptors (Lipinski definition) is 6. The third kappa shape index (κ3) is 7.63. The van der Waals surface area contributed by atoms with Crippen molar-refractivity contribution in [2.75, 3.05) is 58.2 Å². The number of nitrogens with zero attached hydrogens (tertiary/aromatic N) is 5. The third-order valence-corrected chi connectivity index (χ3v) is 11.3. The monoisotopic (exact) mass is 678 g/mol. The lowest BCUT2D eigenvalue weighted by Crippen LogP contribution is -2.59. The van der Waals surface area contributed by atoms with Crippen molar-refractivity contribution in [3.63, 3.8) is 0 Å². The SMILES string of the molecule is Cc1cc(CC(CC(=O)N2CCC(N3Cc4ccccc4NC3=O)CC2)C(=O)N2CCC(N3CCN(C)C(C(=O)O)C3)CC2)ccc1Cl. The van der Waals surface area contributed by atoms with Crippen LogP contribution in [0.3, 0.4) is 0 Å². The second-order valence-electron chi connectivity index (χ2n) is 13.9. The molecule has 0 aliphatic carbocycles. The molecule has 0 aromatic heterocycles. The number of halogens is 1. The number of likely N-dealkylation sites (tertiary alicyclic amines) is 2. The molecule has 6 rings (SSSR count). The van der Waals surface area contributed by atoms with E-state index in [1.54, 1.807) is 0 Å². The number of likely N-dealkylation sites (N-methyl/N-ethyl adjacent to an activating group) is 1. The van der Waals surface area contributed by atoms with Crippen LogP contribution < -0.4 is 5.32 Å². The van der Waals surface area contributed by atoms with Crippen molar-refractivity contribution in [1.29, 1.82) is 0 Å². The van der Waals surface area contributed by atoms with E-state index in [0.717, 1.165) is 41.8 Å². The molecule has 4 heterocycles. The van der Waals surface area contributed by atoms with Gasteiger partial charge in [0, 0.05) is 81.6 Å². The van der Waals surface area contributed by atoms with E-state index in [1.807, 2.05) is 76.0 Å². The molecule has 4 aliphatic rings. The standard InChI is InChI=1S/C36H47ClN6O5/c1-24-19-25(7-8-30(24)37)20-27(34(45)41-15-9-28(10-16-41)42-18-17-39(2)32(23-42)35(46)47)21-33(44)40-13-11-29(12-14-40)43-22-26-5-3-4-6-31(26)38-36(43)48/h3-8,19,27-29,32H,9-18,20-23H2,1-2H3,(H,38,48)(H,46,47). The summed E-state index contributed by atoms with van der Waals surface area (Å²) in [5.41, 5.74) is 3.86. The maximum absolute atomic E-state index is 14.1. The lowest BCUT2D eigenvalue weighted by atomic mass is 9.91. The number of aryl methyl sites for hydroxylation is 1. The number of piperidine rings is 2. The number of rotatable bonds is 8. The van der Waals surface area contributed by atoms with Crippen molar-refractivity contribution in [1.82, 2.24) is 24.5 Å². The lowest BCUT2D eigenvalue weighted by molar-refractivity contribution is -0.146. The van der Waals surface area contributed by atoms with Crippen LogP contribution in [0, 0.1) is 12.8 Å². The summed E-state index contributed by atoms with van der Waals surface area (Å²) in [6, 6.07) is 13.3. The second-order valence-corrected chi connectivity index (χ2v) is 14.3. The number of piperazine rings is 1. The van der Waals surface area contributed by atoms with E-state index < -0.39 is 17.9 Å². The normalized spacial score (nSPS) is 22.3. The molecule has 48 heavy (non-hydrogen) atoms. The Balaban J connectivity index is 1.07. The van der Waals surface area contributed by atoms with Crippen LogP contribution in [0.15, 0.2) is 42.5 Å². The molecule has 0 spiro atoms. The van der Waals surface area contributed by atoms with Crippen molar-refractivity contribution in [2.24, 2.45) is 5.92 Å². The summed E-state index contributed by atoms with van der Waals surface area (Å²) in [7, 11) is 1.86. The summed E-state index contributed by atoms with van der Waals surface area (Å²) < 4.78 is 0. The maximum atomic E-state index is 14.1. The molecule has 4 aliphatic heterocycles. The second kappa shape index (κ2) is 14.8. The van der Waals surface area contributed by atoms with Crippen molar-refractivity contribution in [3.05, 3.63) is 64.2 Å². The van der Waals surface area contributed by atoms with Gasteiger partial charge in [-0.15, -0.1) is 0 Å². The fourth-order valence-electron chi connectivity index (χ4n) is 7.85. The number of carboxylic acid groups (broad SMARTS) is 1. The Labute approximate surface area is 287 Å². The molecule has 2 aromatic rings. The molecule has 12 heteroatoms. The highest BCUT2D eigenvalue weighted by Gasteiger charge is 2.38. The molecular weight excluding hydrogens is 632 g/mol. The minimum Gasteiger partial charge on any atom is -0.480 e. The summed E-state index contributed by atoms with van der Waals surface area (Å²) in [6.07, 6.45) is 3.53. The van der Waals surface area contributed by atoms with Gasteiger partial charge in [-0.2, -0.15) is 0 Å². The van der Waals surface area contributed by atoms with Crippen molar-refractivity contribution in [2.45, 2.75) is 70.1 Å². The van der Waals surface area contributed by atoms with Crippen molar-refractivity contribution < 1.29 is 24.3 Å². The Bertz CT molecular complexity index is 1520. The third-order valence-electron chi connectivity index (χ3n) is 10.9. The smallest absolute Gasteiger partial charge is 0.322 e. The number of fused-ring (bicyclic) bond motifs is 1. The Morgan fingerprint density at radius 3 is 2.33 bits per heavy atom. The first-order chi connectivity index (χ1) is 23.1. The largest absolute Gasteiger partial charge is 0.480 e. The van der Waals surface area contributed by atoms with Gasteiger partial charge in [-0.3, -0.25) is 24.2 Å². The predicted molar refractivity (Wildman–Crippen MR) is 184 cm³/mol. The Hall–Kier alpha value is -3.67. The predicted octanol–water partition coefficient (Wildman–Crippen LogP) is 3.93. The molecule has 2 aromatic carbocycles. The van der Waals surface area contributed by atoms with E-state index in [0.29, 0.717) is 70.1 Å². The summed E-state index contributed by atoms with van der Waals surface area (Å²) in [6.45, 7) is 6.78. The zero-order chi connectivity index (χ0) is 33.9. The van der Waals surface area contributed by atoms with E-state index in [9.17, 15) is 24.3 Å². The molecule has 258 valence electrons. The molecule has 0 radical (unpaired) electrons. The summed E-state index contributed by atoms with van der Waals surface area (Å²) in [5, 5.41) is 13.3. The quantitative estimate of drug-likeness (QED) is 0.435. The van der Waals surface area contributed by atoms with E-state index in [2.05, 4.69) is 10.2 Å². The van der Waals surface area contributed by atoms with Crippen LogP contribution in [0.2, 0.25) is 5.02 Å². The molecule has 0 bridgehead atoms. The maximum Gasteiger partial charge on any atom is 0.322 e. The topological polar surface area (TPSA) is 117 Å². The van der Waals surface area contributed by atoms with Crippen LogP contribution >= 0.6 is 11.6 Å². The van der Waals surface area contributed by atoms with Crippen molar-refractivity contribution in [3.8, 4) is 0 Å². The van der Waals surface area contributed by atoms with E-state index in [-0.39, 0.29) is 36.3 Å². The van der Waals surface area contributed by atoms with E-state index in [1.165, 1.54) is 0 Å². The van der Waals surface area contributed by atoms with Crippen LogP contribution in [0.5, 0.6) is 0 Å². The first kappa shape index (κ1) is 34.2. The molecule has 2 N–H and O–H groups in total. The Morgan fingerprint density at radius 1 is 0.938 bits per heavy atom. The van der Waals surface area contributed by atoms with Gasteiger partial charge in [0.15, 0.2) is 0 Å². The van der Waals surface area contributed by atoms with Crippen molar-refractivity contribution >= 4 is 41.1 Å². The van der Waals surface area contributed by atoms with Crippen LogP contribution in [0.25, 0.3) is 0 Å². The molecule has 2 unspecified atom stereocenters. The number of carbonyl (C=O) groups is 4. The number of benzene rings is 2. The fourth-order valence-corrected chi connectivity index (χ4v) is 7.97. The van der Waals surface area contributed by atoms with Gasteiger partial charge in [-0.05, 0) is 74.9 Å². The van der Waals surface area contributed by atoms with Gasteiger partial charge in [-0.25, -0.2) is 4.79 Å². The number of amides is 4. The minimum absolute atomic E-state index is 0.00488. The lowest BCUT2D eigenvalue weighted by Gasteiger charge is -2.44. The Morgan fingerprint density at radius 2 is 1.62 bits per heavy atom. The van der Waals surface area contributed by atoms with Crippen LogP contribution in [0.1, 0.15) is 48.8 Å². The number of para-hydroxylation sites is 1. The first-order valence-electron chi connectivity index (χ1n) is 17.2. The average Bonchev–Trinajstić information content (AvgIpc) is 3.09. The number of anilines is 1. The average molecular weight is 679 g/mol. The zero-order valence-electron chi connectivity index (χ0n) is 27.9. The highest BCUT2D eigenvalue weighted by molar-refractivity contribution is 6.31. The van der Waals surface area contributed by atoms with Gasteiger partial charge in [0.2, 0.25) is 11.8 Å². The van der Waals surface area contributed by atoms with Gasteiger partial charge < -0.3 is 25.1 Å².